The Hall–Kier alpha value is -2.11. The van der Waals surface area contributed by atoms with Gasteiger partial charge in [0.05, 0.1) is 6.20 Å². The Kier molecular flexibility index (Phi) is 4.33. The van der Waals surface area contributed by atoms with E-state index in [4.69, 9.17) is 4.74 Å². The third-order valence-electron chi connectivity index (χ3n) is 3.04. The molecule has 19 heavy (non-hydrogen) atoms. The number of pyridine rings is 1. The summed E-state index contributed by atoms with van der Waals surface area (Å²) in [5.41, 5.74) is 0. The van der Waals surface area contributed by atoms with Crippen molar-refractivity contribution in [2.45, 2.75) is 19.4 Å². The van der Waals surface area contributed by atoms with E-state index in [0.717, 1.165) is 6.42 Å². The van der Waals surface area contributed by atoms with Crippen molar-refractivity contribution in [3.05, 3.63) is 24.5 Å². The van der Waals surface area contributed by atoms with Crippen molar-refractivity contribution in [3.8, 4) is 5.75 Å². The molecule has 2 heterocycles. The molecular formula is C13H17N3O3. The van der Waals surface area contributed by atoms with Gasteiger partial charge < -0.3 is 15.0 Å². The monoisotopic (exact) mass is 263 g/mol. The highest BCUT2D eigenvalue weighted by Gasteiger charge is 2.27. The lowest BCUT2D eigenvalue weighted by molar-refractivity contribution is -0.140. The molecule has 1 aromatic heterocycles. The highest BCUT2D eigenvalue weighted by Crippen LogP contribution is 2.09. The number of rotatable bonds is 3. The molecule has 2 amide bonds. The molecule has 1 aliphatic rings. The predicted molar refractivity (Wildman–Crippen MR) is 68.5 cm³/mol. The Morgan fingerprint density at radius 1 is 1.63 bits per heavy atom. The van der Waals surface area contributed by atoms with Crippen LogP contribution in [-0.4, -0.2) is 47.4 Å². The first-order valence-electron chi connectivity index (χ1n) is 6.28. The van der Waals surface area contributed by atoms with Crippen LogP contribution in [0.3, 0.4) is 0 Å². The second-order valence-corrected chi connectivity index (χ2v) is 4.39. The zero-order chi connectivity index (χ0) is 13.7. The fraction of sp³-hybridized carbons (Fsp3) is 0.462. The van der Waals surface area contributed by atoms with Gasteiger partial charge in [0.15, 0.2) is 6.61 Å². The van der Waals surface area contributed by atoms with Gasteiger partial charge in [-0.15, -0.1) is 0 Å². The van der Waals surface area contributed by atoms with E-state index in [-0.39, 0.29) is 18.4 Å². The van der Waals surface area contributed by atoms with Crippen LogP contribution in [0.4, 0.5) is 0 Å². The number of nitrogens with one attached hydrogen (secondary N) is 1. The van der Waals surface area contributed by atoms with Crippen molar-refractivity contribution in [3.63, 3.8) is 0 Å². The fourth-order valence-electron chi connectivity index (χ4n) is 1.95. The van der Waals surface area contributed by atoms with Crippen LogP contribution in [0.25, 0.3) is 0 Å². The van der Waals surface area contributed by atoms with Crippen LogP contribution in [0.15, 0.2) is 24.5 Å². The van der Waals surface area contributed by atoms with Crippen molar-refractivity contribution in [1.82, 2.24) is 15.2 Å². The van der Waals surface area contributed by atoms with Gasteiger partial charge in [0.2, 0.25) is 5.91 Å². The lowest BCUT2D eigenvalue weighted by atomic mass is 10.2. The van der Waals surface area contributed by atoms with Gasteiger partial charge >= 0.3 is 0 Å². The summed E-state index contributed by atoms with van der Waals surface area (Å²) in [6.07, 6.45) is 3.94. The quantitative estimate of drug-likeness (QED) is 0.845. The molecule has 1 aromatic rings. The largest absolute Gasteiger partial charge is 0.482 e. The summed E-state index contributed by atoms with van der Waals surface area (Å²) in [4.78, 5) is 29.2. The van der Waals surface area contributed by atoms with Gasteiger partial charge in [-0.1, -0.05) is 0 Å². The predicted octanol–water partition coefficient (Wildman–Crippen LogP) is 0.197. The molecule has 0 saturated carbocycles. The smallest absolute Gasteiger partial charge is 0.261 e. The number of ether oxygens (including phenoxy) is 1. The van der Waals surface area contributed by atoms with Crippen LogP contribution in [-0.2, 0) is 9.59 Å². The Morgan fingerprint density at radius 2 is 2.47 bits per heavy atom. The van der Waals surface area contributed by atoms with Gasteiger partial charge in [0.1, 0.15) is 11.8 Å². The summed E-state index contributed by atoms with van der Waals surface area (Å²) in [5, 5.41) is 2.77. The summed E-state index contributed by atoms with van der Waals surface area (Å²) >= 11 is 0. The molecule has 1 N–H and O–H groups in total. The van der Waals surface area contributed by atoms with Crippen LogP contribution in [0.5, 0.6) is 5.75 Å². The summed E-state index contributed by atoms with van der Waals surface area (Å²) in [6.45, 7) is 2.82. The molecule has 0 bridgehead atoms. The lowest BCUT2D eigenvalue weighted by Gasteiger charge is -2.25. The van der Waals surface area contributed by atoms with Crippen molar-refractivity contribution < 1.29 is 14.3 Å². The van der Waals surface area contributed by atoms with Gasteiger partial charge in [0.25, 0.3) is 5.91 Å². The second-order valence-electron chi connectivity index (χ2n) is 4.39. The highest BCUT2D eigenvalue weighted by molar-refractivity contribution is 5.88. The Morgan fingerprint density at radius 3 is 3.21 bits per heavy atom. The third-order valence-corrected chi connectivity index (χ3v) is 3.04. The number of nitrogens with zero attached hydrogens (tertiary/aromatic N) is 2. The molecule has 1 fully saturated rings. The minimum Gasteiger partial charge on any atom is -0.482 e. The van der Waals surface area contributed by atoms with Crippen molar-refractivity contribution in [1.29, 1.82) is 0 Å². The number of hydrogen-bond acceptors (Lipinski definition) is 4. The van der Waals surface area contributed by atoms with E-state index in [0.29, 0.717) is 18.8 Å². The summed E-state index contributed by atoms with van der Waals surface area (Å²) in [7, 11) is 0. The van der Waals surface area contributed by atoms with E-state index in [1.54, 1.807) is 36.4 Å². The SMILES string of the molecule is C[C@H]1C(=O)NCCCN1C(=O)COc1cccnc1. The van der Waals surface area contributed by atoms with Crippen molar-refractivity contribution in [2.75, 3.05) is 19.7 Å². The number of carbonyl (C=O) groups is 2. The van der Waals surface area contributed by atoms with E-state index in [1.165, 1.54) is 0 Å². The van der Waals surface area contributed by atoms with E-state index in [9.17, 15) is 9.59 Å². The Balaban J connectivity index is 1.93. The molecule has 0 aliphatic carbocycles. The summed E-state index contributed by atoms with van der Waals surface area (Å²) in [5.74, 6) is 0.239. The average Bonchev–Trinajstić information content (AvgIpc) is 2.60. The molecule has 0 spiro atoms. The molecule has 6 heteroatoms. The third kappa shape index (κ3) is 3.43. The molecule has 1 atom stereocenters. The molecule has 102 valence electrons. The van der Waals surface area contributed by atoms with Gasteiger partial charge in [-0.2, -0.15) is 0 Å². The molecular weight excluding hydrogens is 246 g/mol. The molecule has 1 aliphatic heterocycles. The summed E-state index contributed by atoms with van der Waals surface area (Å²) in [6, 6.07) is 3.02. The first kappa shape index (κ1) is 13.3. The van der Waals surface area contributed by atoms with Crippen molar-refractivity contribution >= 4 is 11.8 Å². The average molecular weight is 263 g/mol. The van der Waals surface area contributed by atoms with Crippen molar-refractivity contribution in [2.24, 2.45) is 0 Å². The second kappa shape index (κ2) is 6.17. The van der Waals surface area contributed by atoms with Crippen LogP contribution in [0, 0.1) is 0 Å². The van der Waals surface area contributed by atoms with E-state index < -0.39 is 6.04 Å². The van der Waals surface area contributed by atoms with Gasteiger partial charge in [0, 0.05) is 19.3 Å². The standard InChI is InChI=1S/C13H17N3O3/c1-10-13(18)15-6-3-7-16(10)12(17)9-19-11-4-2-5-14-8-11/h2,4-5,8,10H,3,6-7,9H2,1H3,(H,15,18)/t10-/m0/s1. The fourth-order valence-corrected chi connectivity index (χ4v) is 1.95. The van der Waals surface area contributed by atoms with Gasteiger partial charge in [-0.3, -0.25) is 14.6 Å². The lowest BCUT2D eigenvalue weighted by Crippen LogP contribution is -2.46. The number of carbonyl (C=O) groups excluding carboxylic acids is 2. The minimum atomic E-state index is -0.451. The maximum absolute atomic E-state index is 12.1. The number of amides is 2. The number of hydrogen-bond donors (Lipinski definition) is 1. The molecule has 0 unspecified atom stereocenters. The zero-order valence-corrected chi connectivity index (χ0v) is 10.8. The van der Waals surface area contributed by atoms with Crippen LogP contribution < -0.4 is 10.1 Å². The molecule has 0 aromatic carbocycles. The number of aromatic nitrogens is 1. The normalized spacial score (nSPS) is 19.5. The first-order valence-corrected chi connectivity index (χ1v) is 6.28. The van der Waals surface area contributed by atoms with Crippen LogP contribution in [0.2, 0.25) is 0 Å². The maximum atomic E-state index is 12.1. The molecule has 0 radical (unpaired) electrons. The highest BCUT2D eigenvalue weighted by atomic mass is 16.5. The zero-order valence-electron chi connectivity index (χ0n) is 10.8. The molecule has 2 rings (SSSR count). The molecule has 6 nitrogen and oxygen atoms in total. The van der Waals surface area contributed by atoms with Gasteiger partial charge in [-0.05, 0) is 25.5 Å². The van der Waals surface area contributed by atoms with Crippen LogP contribution >= 0.6 is 0 Å². The van der Waals surface area contributed by atoms with E-state index >= 15 is 0 Å². The van der Waals surface area contributed by atoms with E-state index in [1.807, 2.05) is 0 Å². The first-order chi connectivity index (χ1) is 9.18. The van der Waals surface area contributed by atoms with E-state index in [2.05, 4.69) is 10.3 Å². The topological polar surface area (TPSA) is 71.5 Å². The molecule has 1 saturated heterocycles. The Bertz CT molecular complexity index is 450. The van der Waals surface area contributed by atoms with Crippen LogP contribution in [0.1, 0.15) is 13.3 Å². The Labute approximate surface area is 111 Å². The minimum absolute atomic E-state index is 0.0800. The van der Waals surface area contributed by atoms with Gasteiger partial charge in [-0.25, -0.2) is 0 Å². The maximum Gasteiger partial charge on any atom is 0.261 e. The summed E-state index contributed by atoms with van der Waals surface area (Å²) < 4.78 is 5.36.